The molecule has 1 aromatic rings. The number of hydrogen-bond donors (Lipinski definition) is 1. The van der Waals surface area contributed by atoms with E-state index in [9.17, 15) is 14.7 Å². The largest absolute Gasteiger partial charge is 0.506 e. The van der Waals surface area contributed by atoms with Crippen LogP contribution >= 0.6 is 0 Å². The van der Waals surface area contributed by atoms with E-state index < -0.39 is 23.1 Å². The lowest BCUT2D eigenvalue weighted by molar-refractivity contribution is -0.184. The first-order chi connectivity index (χ1) is 14.0. The summed E-state index contributed by atoms with van der Waals surface area (Å²) in [7, 11) is 2.62. The third-order valence-corrected chi connectivity index (χ3v) is 4.43. The van der Waals surface area contributed by atoms with E-state index in [0.29, 0.717) is 11.3 Å². The highest BCUT2D eigenvalue weighted by Gasteiger charge is 2.31. The predicted octanol–water partition coefficient (Wildman–Crippen LogP) is 2.24. The number of methoxy groups -OCH3 is 2. The predicted molar refractivity (Wildman–Crippen MR) is 108 cm³/mol. The lowest BCUT2D eigenvalue weighted by Crippen LogP contribution is -2.35. The van der Waals surface area contributed by atoms with E-state index in [1.165, 1.54) is 20.4 Å². The van der Waals surface area contributed by atoms with Crippen molar-refractivity contribution < 1.29 is 33.6 Å². The Hall–Kier alpha value is -3.07. The van der Waals surface area contributed by atoms with Crippen LogP contribution in [0.15, 0.2) is 6.20 Å². The second kappa shape index (κ2) is 10.6. The van der Waals surface area contributed by atoms with E-state index in [-0.39, 0.29) is 37.4 Å². The number of carbonyl (C=O) groups is 2. The average molecular weight is 417 g/mol. The molecule has 0 unspecified atom stereocenters. The maximum absolute atomic E-state index is 12.2. The van der Waals surface area contributed by atoms with Crippen molar-refractivity contribution in [3.8, 4) is 30.4 Å². The first-order valence-corrected chi connectivity index (χ1v) is 9.06. The van der Waals surface area contributed by atoms with E-state index in [2.05, 4.69) is 16.8 Å². The van der Waals surface area contributed by atoms with E-state index in [4.69, 9.17) is 31.8 Å². The summed E-state index contributed by atoms with van der Waals surface area (Å²) >= 11 is 0. The van der Waals surface area contributed by atoms with Crippen LogP contribution in [0.1, 0.15) is 43.5 Å². The van der Waals surface area contributed by atoms with Crippen LogP contribution in [-0.2, 0) is 41.8 Å². The molecule has 1 rings (SSSR count). The van der Waals surface area contributed by atoms with Gasteiger partial charge >= 0.3 is 11.9 Å². The summed E-state index contributed by atoms with van der Waals surface area (Å²) in [6, 6.07) is 0. The Labute approximate surface area is 176 Å². The molecular weight excluding hydrogens is 390 g/mol. The first kappa shape index (κ1) is 25.0. The Morgan fingerprint density at radius 2 is 1.63 bits per heavy atom. The monoisotopic (exact) mass is 417 g/mol. The third-order valence-electron chi connectivity index (χ3n) is 4.43. The van der Waals surface area contributed by atoms with Crippen molar-refractivity contribution in [3.63, 3.8) is 0 Å². The molecule has 1 aromatic heterocycles. The van der Waals surface area contributed by atoms with Gasteiger partial charge in [-0.1, -0.05) is 5.92 Å². The van der Waals surface area contributed by atoms with Crippen LogP contribution in [0.4, 0.5) is 0 Å². The number of hydrogen-bond acceptors (Lipinski definition) is 8. The minimum Gasteiger partial charge on any atom is -0.506 e. The molecule has 30 heavy (non-hydrogen) atoms. The van der Waals surface area contributed by atoms with Crippen molar-refractivity contribution in [2.75, 3.05) is 14.2 Å². The fraction of sp³-hybridized carbons (Fsp3) is 0.500. The van der Waals surface area contributed by atoms with Gasteiger partial charge in [0.15, 0.2) is 0 Å². The molecule has 0 saturated heterocycles. The van der Waals surface area contributed by atoms with E-state index in [0.717, 1.165) is 0 Å². The lowest BCUT2D eigenvalue weighted by Gasteiger charge is -2.23. The molecule has 0 amide bonds. The minimum atomic E-state index is -1.53. The van der Waals surface area contributed by atoms with Crippen LogP contribution in [-0.4, -0.2) is 42.0 Å². The molecule has 8 heteroatoms. The highest BCUT2D eigenvalue weighted by Crippen LogP contribution is 2.27. The normalized spacial score (nSPS) is 11.3. The van der Waals surface area contributed by atoms with Crippen molar-refractivity contribution in [2.45, 2.75) is 52.6 Å². The van der Waals surface area contributed by atoms with Gasteiger partial charge in [0.1, 0.15) is 25.4 Å². The van der Waals surface area contributed by atoms with Crippen LogP contribution in [0.3, 0.4) is 0 Å². The molecule has 0 radical (unpaired) electrons. The zero-order chi connectivity index (χ0) is 22.9. The molecule has 8 nitrogen and oxygen atoms in total. The van der Waals surface area contributed by atoms with Gasteiger partial charge < -0.3 is 24.1 Å². The van der Waals surface area contributed by atoms with Gasteiger partial charge in [-0.15, -0.1) is 12.8 Å². The van der Waals surface area contributed by atoms with Crippen molar-refractivity contribution in [1.82, 2.24) is 4.98 Å². The lowest BCUT2D eigenvalue weighted by atomic mass is 9.91. The summed E-state index contributed by atoms with van der Waals surface area (Å²) in [6.07, 6.45) is 11.8. The standard InChI is InChI=1S/C22H27NO7/c1-8-21(4,5)10-18(24)30-14-17-16(12-23-15(3)20(17)26)13-29-19(25)11-22(9-2,27-6)28-7/h1-2,12,26H,10-11,13-14H2,3-7H3. The van der Waals surface area contributed by atoms with Crippen LogP contribution in [0, 0.1) is 37.0 Å². The van der Waals surface area contributed by atoms with E-state index in [1.807, 2.05) is 0 Å². The number of aromatic nitrogens is 1. The molecule has 0 aliphatic carbocycles. The SMILES string of the molecule is C#CC(C)(C)CC(=O)OCc1c(COC(=O)CC(C#C)(OC)OC)cnc(C)c1O. The Morgan fingerprint density at radius 3 is 2.17 bits per heavy atom. The summed E-state index contributed by atoms with van der Waals surface area (Å²) < 4.78 is 20.6. The maximum Gasteiger partial charge on any atom is 0.312 e. The number of terminal acetylenes is 2. The van der Waals surface area contributed by atoms with Gasteiger partial charge in [-0.05, 0) is 26.7 Å². The Balaban J connectivity index is 2.89. The number of carbonyl (C=O) groups excluding carboxylic acids is 2. The van der Waals surface area contributed by atoms with Gasteiger partial charge in [0.2, 0.25) is 5.79 Å². The maximum atomic E-state index is 12.2. The average Bonchev–Trinajstić information content (AvgIpc) is 2.72. The zero-order valence-corrected chi connectivity index (χ0v) is 17.9. The number of nitrogens with zero attached hydrogens (tertiary/aromatic N) is 1. The Kier molecular flexibility index (Phi) is 8.85. The number of esters is 2. The van der Waals surface area contributed by atoms with Crippen LogP contribution < -0.4 is 0 Å². The van der Waals surface area contributed by atoms with E-state index in [1.54, 1.807) is 20.8 Å². The highest BCUT2D eigenvalue weighted by molar-refractivity contribution is 5.71. The van der Waals surface area contributed by atoms with Crippen molar-refractivity contribution in [3.05, 3.63) is 23.0 Å². The van der Waals surface area contributed by atoms with Crippen molar-refractivity contribution in [1.29, 1.82) is 0 Å². The number of pyridine rings is 1. The molecule has 0 aliphatic heterocycles. The number of aryl methyl sites for hydroxylation is 1. The van der Waals surface area contributed by atoms with Gasteiger partial charge in [0.25, 0.3) is 0 Å². The second-order valence-corrected chi connectivity index (χ2v) is 7.20. The van der Waals surface area contributed by atoms with Crippen LogP contribution in [0.25, 0.3) is 0 Å². The molecule has 162 valence electrons. The summed E-state index contributed by atoms with van der Waals surface area (Å²) in [5, 5.41) is 10.3. The number of aromatic hydroxyl groups is 1. The summed E-state index contributed by atoms with van der Waals surface area (Å²) in [5.74, 6) is 1.88. The molecule has 0 bridgehead atoms. The smallest absolute Gasteiger partial charge is 0.312 e. The Bertz CT molecular complexity index is 857. The zero-order valence-electron chi connectivity index (χ0n) is 17.9. The number of rotatable bonds is 10. The fourth-order valence-electron chi connectivity index (χ4n) is 2.38. The summed E-state index contributed by atoms with van der Waals surface area (Å²) in [6.45, 7) is 4.62. The molecule has 0 saturated carbocycles. The van der Waals surface area contributed by atoms with Gasteiger partial charge in [0.05, 0.1) is 12.1 Å². The molecule has 0 aliphatic rings. The third kappa shape index (κ3) is 6.77. The number of ether oxygens (including phenoxy) is 4. The first-order valence-electron chi connectivity index (χ1n) is 9.06. The fourth-order valence-corrected chi connectivity index (χ4v) is 2.38. The summed E-state index contributed by atoms with van der Waals surface area (Å²) in [4.78, 5) is 28.3. The van der Waals surface area contributed by atoms with E-state index >= 15 is 0 Å². The van der Waals surface area contributed by atoms with Crippen molar-refractivity contribution >= 4 is 11.9 Å². The molecule has 0 aromatic carbocycles. The van der Waals surface area contributed by atoms with Gasteiger partial charge in [-0.2, -0.15) is 0 Å². The topological polar surface area (TPSA) is 104 Å². The minimum absolute atomic E-state index is 0.0147. The second-order valence-electron chi connectivity index (χ2n) is 7.20. The highest BCUT2D eigenvalue weighted by atomic mass is 16.7. The van der Waals surface area contributed by atoms with Gasteiger partial charge in [-0.3, -0.25) is 14.6 Å². The Morgan fingerprint density at radius 1 is 1.07 bits per heavy atom. The molecular formula is C22H27NO7. The van der Waals surface area contributed by atoms with Crippen molar-refractivity contribution in [2.24, 2.45) is 5.41 Å². The molecule has 0 fully saturated rings. The van der Waals surface area contributed by atoms with Gasteiger partial charge in [0, 0.05) is 37.0 Å². The molecule has 0 spiro atoms. The molecule has 0 atom stereocenters. The van der Waals surface area contributed by atoms with Crippen LogP contribution in [0.5, 0.6) is 5.75 Å². The molecule has 1 heterocycles. The van der Waals surface area contributed by atoms with Gasteiger partial charge in [-0.25, -0.2) is 0 Å². The summed E-state index contributed by atoms with van der Waals surface area (Å²) in [5.41, 5.74) is 0.336. The molecule has 1 N–H and O–H groups in total. The quantitative estimate of drug-likeness (QED) is 0.351. The van der Waals surface area contributed by atoms with Crippen LogP contribution in [0.2, 0.25) is 0 Å².